The molecule has 0 heterocycles. The Morgan fingerprint density at radius 2 is 2.00 bits per heavy atom. The van der Waals surface area contributed by atoms with E-state index in [-0.39, 0.29) is 0 Å². The maximum absolute atomic E-state index is 5.29. The summed E-state index contributed by atoms with van der Waals surface area (Å²) in [5, 5.41) is 3.51. The molecule has 0 aliphatic carbocycles. The summed E-state index contributed by atoms with van der Waals surface area (Å²) in [6.07, 6.45) is 2.18. The molecule has 1 atom stereocenters. The molecule has 2 nitrogen and oxygen atoms in total. The Morgan fingerprint density at radius 1 is 1.25 bits per heavy atom. The highest BCUT2D eigenvalue weighted by Gasteiger charge is 2.01. The summed E-state index contributed by atoms with van der Waals surface area (Å²) >= 11 is 0. The van der Waals surface area contributed by atoms with Crippen LogP contribution in [0.1, 0.15) is 25.8 Å². The van der Waals surface area contributed by atoms with E-state index in [0.717, 1.165) is 32.6 Å². The number of nitrogens with one attached hydrogen (secondary N) is 1. The molecule has 1 N–H and O–H groups in total. The lowest BCUT2D eigenvalue weighted by Crippen LogP contribution is -2.29. The average molecular weight is 221 g/mol. The van der Waals surface area contributed by atoms with Crippen LogP contribution >= 0.6 is 0 Å². The summed E-state index contributed by atoms with van der Waals surface area (Å²) in [5.74, 6) is 0. The average Bonchev–Trinajstić information content (AvgIpc) is 2.30. The van der Waals surface area contributed by atoms with Crippen molar-refractivity contribution < 1.29 is 4.74 Å². The largest absolute Gasteiger partial charge is 0.382 e. The van der Waals surface area contributed by atoms with Gasteiger partial charge in [-0.2, -0.15) is 0 Å². The number of benzene rings is 1. The minimum absolute atomic E-state index is 0.532. The van der Waals surface area contributed by atoms with Crippen LogP contribution in [-0.4, -0.2) is 25.8 Å². The molecule has 0 aliphatic rings. The van der Waals surface area contributed by atoms with Crippen LogP contribution in [0.2, 0.25) is 0 Å². The van der Waals surface area contributed by atoms with E-state index in [1.54, 1.807) is 0 Å². The Labute approximate surface area is 99.0 Å². The Kier molecular flexibility index (Phi) is 6.86. The van der Waals surface area contributed by atoms with Gasteiger partial charge in [0.15, 0.2) is 0 Å². The monoisotopic (exact) mass is 221 g/mol. The molecule has 0 bridgehead atoms. The fourth-order valence-electron chi connectivity index (χ4n) is 1.71. The van der Waals surface area contributed by atoms with Crippen molar-refractivity contribution >= 4 is 0 Å². The zero-order valence-electron chi connectivity index (χ0n) is 10.4. The first-order chi connectivity index (χ1) is 7.83. The normalized spacial score (nSPS) is 12.6. The number of hydrogen-bond acceptors (Lipinski definition) is 2. The molecule has 0 amide bonds. The highest BCUT2D eigenvalue weighted by molar-refractivity contribution is 5.15. The van der Waals surface area contributed by atoms with E-state index in [9.17, 15) is 0 Å². The molecule has 0 spiro atoms. The van der Waals surface area contributed by atoms with E-state index in [1.165, 1.54) is 5.56 Å². The van der Waals surface area contributed by atoms with Gasteiger partial charge in [-0.05, 0) is 38.8 Å². The van der Waals surface area contributed by atoms with Crippen molar-refractivity contribution in [3.63, 3.8) is 0 Å². The molecule has 1 aromatic carbocycles. The third kappa shape index (κ3) is 5.89. The smallest absolute Gasteiger partial charge is 0.0477 e. The van der Waals surface area contributed by atoms with E-state index >= 15 is 0 Å². The van der Waals surface area contributed by atoms with Crippen molar-refractivity contribution in [3.05, 3.63) is 35.9 Å². The molecule has 90 valence electrons. The van der Waals surface area contributed by atoms with Gasteiger partial charge in [-0.25, -0.2) is 0 Å². The molecular formula is C14H23NO. The van der Waals surface area contributed by atoms with Crippen molar-refractivity contribution in [2.45, 2.75) is 32.7 Å². The molecule has 1 aromatic rings. The maximum atomic E-state index is 5.29. The number of hydrogen-bond donors (Lipinski definition) is 1. The highest BCUT2D eigenvalue weighted by atomic mass is 16.5. The van der Waals surface area contributed by atoms with Crippen LogP contribution in [0.5, 0.6) is 0 Å². The second-order valence-electron chi connectivity index (χ2n) is 4.10. The summed E-state index contributed by atoms with van der Waals surface area (Å²) in [5.41, 5.74) is 1.40. The molecule has 16 heavy (non-hydrogen) atoms. The van der Waals surface area contributed by atoms with Gasteiger partial charge in [-0.1, -0.05) is 30.3 Å². The SMILES string of the molecule is CCOCCCNC(C)Cc1ccccc1. The Balaban J connectivity index is 2.09. The Hall–Kier alpha value is -0.860. The molecular weight excluding hydrogens is 198 g/mol. The van der Waals surface area contributed by atoms with Gasteiger partial charge in [-0.15, -0.1) is 0 Å². The van der Waals surface area contributed by atoms with Gasteiger partial charge >= 0.3 is 0 Å². The second kappa shape index (κ2) is 8.31. The Bertz CT molecular complexity index is 261. The lowest BCUT2D eigenvalue weighted by molar-refractivity contribution is 0.144. The van der Waals surface area contributed by atoms with Crippen LogP contribution in [-0.2, 0) is 11.2 Å². The second-order valence-corrected chi connectivity index (χ2v) is 4.10. The zero-order valence-corrected chi connectivity index (χ0v) is 10.4. The van der Waals surface area contributed by atoms with Crippen LogP contribution in [0.15, 0.2) is 30.3 Å². The summed E-state index contributed by atoms with van der Waals surface area (Å²) in [6.45, 7) is 6.98. The Morgan fingerprint density at radius 3 is 2.69 bits per heavy atom. The van der Waals surface area contributed by atoms with Crippen LogP contribution in [0.25, 0.3) is 0 Å². The van der Waals surface area contributed by atoms with Crippen molar-refractivity contribution in [1.82, 2.24) is 5.32 Å². The quantitative estimate of drug-likeness (QED) is 0.681. The maximum Gasteiger partial charge on any atom is 0.0477 e. The predicted molar refractivity (Wildman–Crippen MR) is 68.7 cm³/mol. The van der Waals surface area contributed by atoms with E-state index in [4.69, 9.17) is 4.74 Å². The van der Waals surface area contributed by atoms with Crippen molar-refractivity contribution in [1.29, 1.82) is 0 Å². The lowest BCUT2D eigenvalue weighted by Gasteiger charge is -2.13. The minimum atomic E-state index is 0.532. The zero-order chi connectivity index (χ0) is 11.6. The summed E-state index contributed by atoms with van der Waals surface area (Å²) < 4.78 is 5.29. The van der Waals surface area contributed by atoms with Crippen LogP contribution in [0, 0.1) is 0 Å². The third-order valence-corrected chi connectivity index (χ3v) is 2.55. The van der Waals surface area contributed by atoms with Gasteiger partial charge in [0.2, 0.25) is 0 Å². The van der Waals surface area contributed by atoms with E-state index in [0.29, 0.717) is 6.04 Å². The van der Waals surface area contributed by atoms with Gasteiger partial charge in [-0.3, -0.25) is 0 Å². The van der Waals surface area contributed by atoms with Gasteiger partial charge in [0.05, 0.1) is 0 Å². The topological polar surface area (TPSA) is 21.3 Å². The van der Waals surface area contributed by atoms with Crippen LogP contribution in [0.3, 0.4) is 0 Å². The van der Waals surface area contributed by atoms with Gasteiger partial charge < -0.3 is 10.1 Å². The first-order valence-electron chi connectivity index (χ1n) is 6.18. The molecule has 0 saturated heterocycles. The minimum Gasteiger partial charge on any atom is -0.382 e. The molecule has 0 aromatic heterocycles. The standard InChI is InChI=1S/C14H23NO/c1-3-16-11-7-10-15-13(2)12-14-8-5-4-6-9-14/h4-6,8-9,13,15H,3,7,10-12H2,1-2H3. The van der Waals surface area contributed by atoms with Crippen molar-refractivity contribution in [2.24, 2.45) is 0 Å². The van der Waals surface area contributed by atoms with Crippen molar-refractivity contribution in [3.8, 4) is 0 Å². The predicted octanol–water partition coefficient (Wildman–Crippen LogP) is 2.63. The summed E-state index contributed by atoms with van der Waals surface area (Å²) in [7, 11) is 0. The molecule has 0 radical (unpaired) electrons. The molecule has 0 fully saturated rings. The van der Waals surface area contributed by atoms with Gasteiger partial charge in [0.25, 0.3) is 0 Å². The molecule has 0 aliphatic heterocycles. The van der Waals surface area contributed by atoms with E-state index in [2.05, 4.69) is 42.6 Å². The highest BCUT2D eigenvalue weighted by Crippen LogP contribution is 2.02. The summed E-state index contributed by atoms with van der Waals surface area (Å²) in [6, 6.07) is 11.1. The number of ether oxygens (including phenoxy) is 1. The lowest BCUT2D eigenvalue weighted by atomic mass is 10.1. The molecule has 1 unspecified atom stereocenters. The first kappa shape index (κ1) is 13.2. The first-order valence-corrected chi connectivity index (χ1v) is 6.18. The van der Waals surface area contributed by atoms with Gasteiger partial charge in [0.1, 0.15) is 0 Å². The third-order valence-electron chi connectivity index (χ3n) is 2.55. The van der Waals surface area contributed by atoms with Crippen LogP contribution < -0.4 is 5.32 Å². The van der Waals surface area contributed by atoms with E-state index in [1.807, 2.05) is 6.92 Å². The fourth-order valence-corrected chi connectivity index (χ4v) is 1.71. The fraction of sp³-hybridized carbons (Fsp3) is 0.571. The van der Waals surface area contributed by atoms with Crippen molar-refractivity contribution in [2.75, 3.05) is 19.8 Å². The van der Waals surface area contributed by atoms with Gasteiger partial charge in [0, 0.05) is 19.3 Å². The summed E-state index contributed by atoms with van der Waals surface area (Å²) in [4.78, 5) is 0. The molecule has 1 rings (SSSR count). The number of rotatable bonds is 8. The van der Waals surface area contributed by atoms with E-state index < -0.39 is 0 Å². The molecule has 0 saturated carbocycles. The molecule has 2 heteroatoms. The van der Waals surface area contributed by atoms with Crippen LogP contribution in [0.4, 0.5) is 0 Å².